The third kappa shape index (κ3) is 3.45. The van der Waals surface area contributed by atoms with E-state index < -0.39 is 0 Å². The Labute approximate surface area is 80.3 Å². The van der Waals surface area contributed by atoms with Crippen LogP contribution in [0.4, 0.5) is 0 Å². The summed E-state index contributed by atoms with van der Waals surface area (Å²) in [7, 11) is 0. The molecule has 0 aliphatic heterocycles. The average molecular weight is 178 g/mol. The van der Waals surface area contributed by atoms with Gasteiger partial charge in [-0.05, 0) is 12.3 Å². The molecule has 1 aromatic heterocycles. The Morgan fingerprint density at radius 3 is 2.62 bits per heavy atom. The van der Waals surface area contributed by atoms with E-state index in [9.17, 15) is 0 Å². The van der Waals surface area contributed by atoms with Crippen molar-refractivity contribution in [3.05, 3.63) is 30.4 Å². The van der Waals surface area contributed by atoms with Gasteiger partial charge in [-0.1, -0.05) is 32.9 Å². The number of hydrogen-bond donors (Lipinski definition) is 0. The van der Waals surface area contributed by atoms with E-state index >= 15 is 0 Å². The molecular formula is C11H18N2. The van der Waals surface area contributed by atoms with E-state index in [1.54, 1.807) is 0 Å². The standard InChI is InChI=1S/C11H18N2/c1-10-12-7-9-13(10)8-5-6-11(2,3)4/h5-7,9H,8H2,1-4H3/b6-5+. The summed E-state index contributed by atoms with van der Waals surface area (Å²) >= 11 is 0. The van der Waals surface area contributed by atoms with Gasteiger partial charge in [-0.2, -0.15) is 0 Å². The van der Waals surface area contributed by atoms with Gasteiger partial charge >= 0.3 is 0 Å². The molecule has 1 rings (SSSR count). The molecule has 1 heterocycles. The van der Waals surface area contributed by atoms with E-state index in [4.69, 9.17) is 0 Å². The maximum Gasteiger partial charge on any atom is 0.105 e. The molecule has 0 spiro atoms. The maximum atomic E-state index is 4.16. The lowest BCUT2D eigenvalue weighted by molar-refractivity contribution is 0.540. The lowest BCUT2D eigenvalue weighted by Crippen LogP contribution is -2.01. The number of hydrogen-bond acceptors (Lipinski definition) is 1. The van der Waals surface area contributed by atoms with Gasteiger partial charge in [-0.15, -0.1) is 0 Å². The Hall–Kier alpha value is -1.05. The van der Waals surface area contributed by atoms with Crippen molar-refractivity contribution in [1.29, 1.82) is 0 Å². The zero-order valence-corrected chi connectivity index (χ0v) is 8.91. The van der Waals surface area contributed by atoms with E-state index in [0.29, 0.717) is 0 Å². The van der Waals surface area contributed by atoms with E-state index in [0.717, 1.165) is 12.4 Å². The number of aromatic nitrogens is 2. The van der Waals surface area contributed by atoms with Gasteiger partial charge in [-0.25, -0.2) is 4.98 Å². The minimum atomic E-state index is 0.272. The molecule has 2 nitrogen and oxygen atoms in total. The normalized spacial score (nSPS) is 12.6. The second-order valence-electron chi connectivity index (χ2n) is 4.40. The number of nitrogens with zero attached hydrogens (tertiary/aromatic N) is 2. The van der Waals surface area contributed by atoms with Crippen molar-refractivity contribution in [2.75, 3.05) is 0 Å². The van der Waals surface area contributed by atoms with Gasteiger partial charge in [0.25, 0.3) is 0 Å². The molecule has 0 saturated carbocycles. The Kier molecular flexibility index (Phi) is 2.91. The molecule has 0 radical (unpaired) electrons. The van der Waals surface area contributed by atoms with E-state index in [-0.39, 0.29) is 5.41 Å². The molecule has 0 bridgehead atoms. The van der Waals surface area contributed by atoms with Gasteiger partial charge in [0.15, 0.2) is 0 Å². The molecule has 0 unspecified atom stereocenters. The Morgan fingerprint density at radius 2 is 2.15 bits per heavy atom. The lowest BCUT2D eigenvalue weighted by Gasteiger charge is -2.11. The van der Waals surface area contributed by atoms with E-state index in [2.05, 4.69) is 42.5 Å². The first kappa shape index (κ1) is 10.0. The van der Waals surface area contributed by atoms with Crippen LogP contribution in [0.2, 0.25) is 0 Å². The molecule has 0 N–H and O–H groups in total. The lowest BCUT2D eigenvalue weighted by atomic mass is 9.96. The topological polar surface area (TPSA) is 17.8 Å². The molecule has 72 valence electrons. The van der Waals surface area contributed by atoms with Crippen LogP contribution in [0.3, 0.4) is 0 Å². The van der Waals surface area contributed by atoms with E-state index in [1.165, 1.54) is 0 Å². The summed E-state index contributed by atoms with van der Waals surface area (Å²) in [6.07, 6.45) is 8.25. The van der Waals surface area contributed by atoms with Crippen LogP contribution in [0.5, 0.6) is 0 Å². The quantitative estimate of drug-likeness (QED) is 0.637. The van der Waals surface area contributed by atoms with Crippen molar-refractivity contribution in [1.82, 2.24) is 9.55 Å². The average Bonchev–Trinajstić information content (AvgIpc) is 2.34. The summed E-state index contributed by atoms with van der Waals surface area (Å²) in [6, 6.07) is 0. The number of allylic oxidation sites excluding steroid dienone is 2. The second kappa shape index (κ2) is 3.77. The van der Waals surface area contributed by atoms with Crippen molar-refractivity contribution in [2.24, 2.45) is 5.41 Å². The fourth-order valence-corrected chi connectivity index (χ4v) is 1.12. The van der Waals surface area contributed by atoms with Crippen LogP contribution in [-0.2, 0) is 6.54 Å². The molecule has 2 heteroatoms. The highest BCUT2D eigenvalue weighted by Crippen LogP contribution is 2.14. The van der Waals surface area contributed by atoms with Crippen molar-refractivity contribution in [3.8, 4) is 0 Å². The van der Waals surface area contributed by atoms with Crippen LogP contribution in [-0.4, -0.2) is 9.55 Å². The van der Waals surface area contributed by atoms with Crippen molar-refractivity contribution in [2.45, 2.75) is 34.2 Å². The zero-order valence-electron chi connectivity index (χ0n) is 8.91. The predicted octanol–water partition coefficient (Wildman–Crippen LogP) is 2.79. The maximum absolute atomic E-state index is 4.16. The van der Waals surface area contributed by atoms with Gasteiger partial charge in [-0.3, -0.25) is 0 Å². The van der Waals surface area contributed by atoms with E-state index in [1.807, 2.05) is 19.3 Å². The smallest absolute Gasteiger partial charge is 0.105 e. The molecule has 0 atom stereocenters. The highest BCUT2D eigenvalue weighted by atomic mass is 15.0. The first-order chi connectivity index (χ1) is 5.99. The molecule has 0 fully saturated rings. The molecule has 13 heavy (non-hydrogen) atoms. The fraction of sp³-hybridized carbons (Fsp3) is 0.545. The Bertz CT molecular complexity index is 289. The van der Waals surface area contributed by atoms with Gasteiger partial charge in [0.05, 0.1) is 0 Å². The monoisotopic (exact) mass is 178 g/mol. The molecule has 0 amide bonds. The summed E-state index contributed by atoms with van der Waals surface area (Å²) in [5, 5.41) is 0. The van der Waals surface area contributed by atoms with Crippen LogP contribution >= 0.6 is 0 Å². The first-order valence-electron chi connectivity index (χ1n) is 4.64. The summed E-state index contributed by atoms with van der Waals surface area (Å²) < 4.78 is 2.13. The zero-order chi connectivity index (χ0) is 9.90. The SMILES string of the molecule is Cc1nccn1C/C=C/C(C)(C)C. The largest absolute Gasteiger partial charge is 0.331 e. The number of rotatable bonds is 2. The minimum Gasteiger partial charge on any atom is -0.331 e. The second-order valence-corrected chi connectivity index (χ2v) is 4.40. The summed E-state index contributed by atoms with van der Waals surface area (Å²) in [5.41, 5.74) is 0.272. The Morgan fingerprint density at radius 1 is 1.46 bits per heavy atom. The van der Waals surface area contributed by atoms with Crippen molar-refractivity contribution in [3.63, 3.8) is 0 Å². The first-order valence-corrected chi connectivity index (χ1v) is 4.64. The predicted molar refractivity (Wildman–Crippen MR) is 55.6 cm³/mol. The molecule has 0 saturated heterocycles. The minimum absolute atomic E-state index is 0.272. The molecule has 0 aliphatic rings. The van der Waals surface area contributed by atoms with Gasteiger partial charge in [0, 0.05) is 18.9 Å². The summed E-state index contributed by atoms with van der Waals surface area (Å²) in [5.74, 6) is 1.07. The number of aryl methyl sites for hydroxylation is 1. The molecule has 1 aromatic rings. The van der Waals surface area contributed by atoms with Crippen molar-refractivity contribution < 1.29 is 0 Å². The van der Waals surface area contributed by atoms with Gasteiger partial charge < -0.3 is 4.57 Å². The molecular weight excluding hydrogens is 160 g/mol. The van der Waals surface area contributed by atoms with Crippen molar-refractivity contribution >= 4 is 0 Å². The summed E-state index contributed by atoms with van der Waals surface area (Å²) in [4.78, 5) is 4.16. The molecule has 0 aromatic carbocycles. The van der Waals surface area contributed by atoms with Crippen LogP contribution in [0.15, 0.2) is 24.5 Å². The third-order valence-electron chi connectivity index (χ3n) is 1.84. The van der Waals surface area contributed by atoms with Gasteiger partial charge in [0.1, 0.15) is 5.82 Å². The number of imidazole rings is 1. The highest BCUT2D eigenvalue weighted by molar-refractivity contribution is 4.96. The van der Waals surface area contributed by atoms with Crippen LogP contribution in [0, 0.1) is 12.3 Å². The fourth-order valence-electron chi connectivity index (χ4n) is 1.12. The highest BCUT2D eigenvalue weighted by Gasteiger charge is 2.02. The van der Waals surface area contributed by atoms with Gasteiger partial charge in [0.2, 0.25) is 0 Å². The third-order valence-corrected chi connectivity index (χ3v) is 1.84. The van der Waals surface area contributed by atoms with Crippen LogP contribution < -0.4 is 0 Å². The molecule has 0 aliphatic carbocycles. The van der Waals surface area contributed by atoms with Crippen LogP contribution in [0.1, 0.15) is 26.6 Å². The Balaban J connectivity index is 2.53. The summed E-state index contributed by atoms with van der Waals surface area (Å²) in [6.45, 7) is 9.53. The van der Waals surface area contributed by atoms with Crippen LogP contribution in [0.25, 0.3) is 0 Å².